The van der Waals surface area contributed by atoms with Crippen LogP contribution in [0.3, 0.4) is 0 Å². The van der Waals surface area contributed by atoms with E-state index in [0.717, 1.165) is 29.1 Å². The van der Waals surface area contributed by atoms with Gasteiger partial charge >= 0.3 is 0 Å². The monoisotopic (exact) mass is 373 g/mol. The van der Waals surface area contributed by atoms with E-state index >= 15 is 0 Å². The van der Waals surface area contributed by atoms with Gasteiger partial charge in [-0.1, -0.05) is 55.5 Å². The van der Waals surface area contributed by atoms with Crippen LogP contribution in [0.1, 0.15) is 34.5 Å². The number of amides is 1. The molecule has 0 saturated heterocycles. The molecule has 27 heavy (non-hydrogen) atoms. The Morgan fingerprint density at radius 3 is 2.33 bits per heavy atom. The van der Waals surface area contributed by atoms with Gasteiger partial charge in [0, 0.05) is 5.71 Å². The molecule has 1 N–H and O–H groups in total. The van der Waals surface area contributed by atoms with Crippen LogP contribution in [0.15, 0.2) is 82.1 Å². The minimum absolute atomic E-state index is 0.139. The van der Waals surface area contributed by atoms with Crippen LogP contribution in [0, 0.1) is 0 Å². The van der Waals surface area contributed by atoms with Crippen molar-refractivity contribution in [2.24, 2.45) is 9.98 Å². The second-order valence-corrected chi connectivity index (χ2v) is 7.17. The van der Waals surface area contributed by atoms with Crippen molar-refractivity contribution in [3.63, 3.8) is 0 Å². The number of amidine groups is 1. The molecular formula is C22H19N3OS. The summed E-state index contributed by atoms with van der Waals surface area (Å²) in [5.41, 5.74) is 3.64. The molecule has 0 saturated carbocycles. The number of benzene rings is 2. The van der Waals surface area contributed by atoms with Crippen molar-refractivity contribution in [2.75, 3.05) is 0 Å². The number of hydrogen-bond donors (Lipinski definition) is 1. The van der Waals surface area contributed by atoms with Gasteiger partial charge in [-0.25, -0.2) is 4.99 Å². The lowest BCUT2D eigenvalue weighted by molar-refractivity contribution is 0.0980. The Kier molecular flexibility index (Phi) is 4.94. The highest BCUT2D eigenvalue weighted by molar-refractivity contribution is 7.12. The molecule has 0 fully saturated rings. The van der Waals surface area contributed by atoms with Crippen molar-refractivity contribution in [1.29, 1.82) is 0 Å². The lowest BCUT2D eigenvalue weighted by Crippen LogP contribution is -2.37. The van der Waals surface area contributed by atoms with Gasteiger partial charge in [0.15, 0.2) is 0 Å². The largest absolute Gasteiger partial charge is 0.309 e. The zero-order valence-electron chi connectivity index (χ0n) is 14.9. The highest BCUT2D eigenvalue weighted by Gasteiger charge is 2.28. The SMILES string of the molecule is CCC1=Nc2ccccc2N=C(NC(=O)c2cccs2)C1c1ccccc1. The fourth-order valence-corrected chi connectivity index (χ4v) is 3.81. The van der Waals surface area contributed by atoms with Crippen LogP contribution >= 0.6 is 11.3 Å². The van der Waals surface area contributed by atoms with Crippen LogP contribution in [0.25, 0.3) is 0 Å². The normalized spacial score (nSPS) is 16.0. The number of fused-ring (bicyclic) bond motifs is 1. The van der Waals surface area contributed by atoms with Crippen molar-refractivity contribution >= 4 is 40.2 Å². The zero-order valence-corrected chi connectivity index (χ0v) is 15.7. The minimum Gasteiger partial charge on any atom is -0.309 e. The highest BCUT2D eigenvalue weighted by atomic mass is 32.1. The molecule has 1 unspecified atom stereocenters. The van der Waals surface area contributed by atoms with Gasteiger partial charge in [0.1, 0.15) is 5.84 Å². The molecule has 2 aromatic carbocycles. The summed E-state index contributed by atoms with van der Waals surface area (Å²) in [7, 11) is 0. The first-order valence-electron chi connectivity index (χ1n) is 8.91. The molecule has 5 heteroatoms. The van der Waals surface area contributed by atoms with Gasteiger partial charge in [-0.05, 0) is 35.6 Å². The highest BCUT2D eigenvalue weighted by Crippen LogP contribution is 2.35. The summed E-state index contributed by atoms with van der Waals surface area (Å²) in [4.78, 5) is 23.1. The lowest BCUT2D eigenvalue weighted by Gasteiger charge is -2.20. The third-order valence-corrected chi connectivity index (χ3v) is 5.34. The fraction of sp³-hybridized carbons (Fsp3) is 0.136. The van der Waals surface area contributed by atoms with Gasteiger partial charge < -0.3 is 5.32 Å². The number of nitrogens with one attached hydrogen (secondary N) is 1. The summed E-state index contributed by atoms with van der Waals surface area (Å²) in [5, 5.41) is 4.95. The van der Waals surface area contributed by atoms with Crippen molar-refractivity contribution in [3.05, 3.63) is 82.6 Å². The van der Waals surface area contributed by atoms with Crippen molar-refractivity contribution in [3.8, 4) is 0 Å². The van der Waals surface area contributed by atoms with Crippen molar-refractivity contribution < 1.29 is 4.79 Å². The number of nitrogens with zero attached hydrogens (tertiary/aromatic N) is 2. The molecule has 1 aromatic heterocycles. The van der Waals surface area contributed by atoms with Crippen LogP contribution in [0.5, 0.6) is 0 Å². The average molecular weight is 373 g/mol. The molecule has 0 bridgehead atoms. The Morgan fingerprint density at radius 1 is 0.963 bits per heavy atom. The Balaban J connectivity index is 1.83. The maximum atomic E-state index is 12.7. The van der Waals surface area contributed by atoms with Crippen molar-refractivity contribution in [2.45, 2.75) is 19.3 Å². The van der Waals surface area contributed by atoms with Gasteiger partial charge in [-0.15, -0.1) is 11.3 Å². The smallest absolute Gasteiger partial charge is 0.266 e. The average Bonchev–Trinajstić information content (AvgIpc) is 3.19. The predicted octanol–water partition coefficient (Wildman–Crippen LogP) is 5.49. The number of para-hydroxylation sites is 2. The van der Waals surface area contributed by atoms with Gasteiger partial charge in [0.2, 0.25) is 0 Å². The van der Waals surface area contributed by atoms with Crippen LogP contribution < -0.4 is 5.32 Å². The summed E-state index contributed by atoms with van der Waals surface area (Å²) >= 11 is 1.42. The molecule has 1 aliphatic heterocycles. The summed E-state index contributed by atoms with van der Waals surface area (Å²) in [5.74, 6) is 0.289. The molecule has 0 aliphatic carbocycles. The summed E-state index contributed by atoms with van der Waals surface area (Å²) in [6.07, 6.45) is 0.766. The first-order chi connectivity index (χ1) is 13.3. The van der Waals surface area contributed by atoms with E-state index in [1.807, 2.05) is 60.0 Å². The summed E-state index contributed by atoms with van der Waals surface area (Å²) in [6.45, 7) is 2.08. The number of thiophene rings is 1. The van der Waals surface area contributed by atoms with E-state index in [-0.39, 0.29) is 11.8 Å². The molecule has 0 spiro atoms. The molecule has 4 rings (SSSR count). The number of aliphatic imine (C=N–C) groups is 2. The van der Waals surface area contributed by atoms with E-state index in [1.54, 1.807) is 0 Å². The van der Waals surface area contributed by atoms with Gasteiger partial charge in [-0.2, -0.15) is 0 Å². The van der Waals surface area contributed by atoms with Crippen LogP contribution in [0.2, 0.25) is 0 Å². The molecule has 134 valence electrons. The quantitative estimate of drug-likeness (QED) is 0.648. The minimum atomic E-state index is -0.187. The van der Waals surface area contributed by atoms with Gasteiger partial charge in [0.05, 0.1) is 22.2 Å². The third kappa shape index (κ3) is 3.59. The molecule has 1 amide bonds. The maximum Gasteiger partial charge on any atom is 0.266 e. The molecule has 2 heterocycles. The number of rotatable bonds is 3. The van der Waals surface area contributed by atoms with Gasteiger partial charge in [0.25, 0.3) is 5.91 Å². The molecule has 1 atom stereocenters. The summed E-state index contributed by atoms with van der Waals surface area (Å²) in [6, 6.07) is 21.6. The van der Waals surface area contributed by atoms with Gasteiger partial charge in [-0.3, -0.25) is 9.79 Å². The molecular weight excluding hydrogens is 354 g/mol. The van der Waals surface area contributed by atoms with E-state index in [4.69, 9.17) is 9.98 Å². The van der Waals surface area contributed by atoms with E-state index < -0.39 is 0 Å². The van der Waals surface area contributed by atoms with E-state index in [9.17, 15) is 4.79 Å². The first kappa shape index (κ1) is 17.4. The molecule has 3 aromatic rings. The number of carbonyl (C=O) groups excluding carboxylic acids is 1. The predicted molar refractivity (Wildman–Crippen MR) is 112 cm³/mol. The number of hydrogen-bond acceptors (Lipinski definition) is 4. The summed E-state index contributed by atoms with van der Waals surface area (Å²) < 4.78 is 0. The second-order valence-electron chi connectivity index (χ2n) is 6.22. The van der Waals surface area contributed by atoms with E-state index in [1.165, 1.54) is 11.3 Å². The molecule has 0 radical (unpaired) electrons. The molecule has 1 aliphatic rings. The van der Waals surface area contributed by atoms with Crippen molar-refractivity contribution in [1.82, 2.24) is 5.32 Å². The van der Waals surface area contributed by atoms with Crippen LogP contribution in [-0.2, 0) is 0 Å². The molecule has 4 nitrogen and oxygen atoms in total. The van der Waals surface area contributed by atoms with Crippen LogP contribution in [-0.4, -0.2) is 17.5 Å². The Morgan fingerprint density at radius 2 is 1.67 bits per heavy atom. The Labute approximate surface area is 162 Å². The fourth-order valence-electron chi connectivity index (χ4n) is 3.19. The van der Waals surface area contributed by atoms with E-state index in [0.29, 0.717) is 10.7 Å². The standard InChI is InChI=1S/C22H19N3OS/c1-2-16-20(15-9-4-3-5-10-15)21(25-22(26)19-13-8-14-27-19)24-18-12-7-6-11-17(18)23-16/h3-14,20H,2H2,1H3,(H,24,25,26). The second kappa shape index (κ2) is 7.68. The zero-order chi connectivity index (χ0) is 18.6. The Hall–Kier alpha value is -3.05. The maximum absolute atomic E-state index is 12.7. The first-order valence-corrected chi connectivity index (χ1v) is 9.79. The third-order valence-electron chi connectivity index (χ3n) is 4.48. The Bertz CT molecular complexity index is 1010. The lowest BCUT2D eigenvalue weighted by atomic mass is 9.91. The van der Waals surface area contributed by atoms with E-state index in [2.05, 4.69) is 24.4 Å². The van der Waals surface area contributed by atoms with Crippen LogP contribution in [0.4, 0.5) is 11.4 Å². The number of carbonyl (C=O) groups is 1. The topological polar surface area (TPSA) is 53.8 Å².